The fourth-order valence-corrected chi connectivity index (χ4v) is 4.81. The van der Waals surface area contributed by atoms with Gasteiger partial charge < -0.3 is 24.7 Å². The number of rotatable bonds is 8. The number of benzene rings is 2. The van der Waals surface area contributed by atoms with E-state index in [2.05, 4.69) is 46.2 Å². The number of aromatic amines is 1. The first-order valence-electron chi connectivity index (χ1n) is 12.3. The molecule has 2 aromatic heterocycles. The first-order valence-corrected chi connectivity index (χ1v) is 12.7. The van der Waals surface area contributed by atoms with Crippen molar-refractivity contribution in [3.05, 3.63) is 77.2 Å². The van der Waals surface area contributed by atoms with Gasteiger partial charge in [0.1, 0.15) is 29.3 Å². The van der Waals surface area contributed by atoms with Gasteiger partial charge in [0.15, 0.2) is 5.78 Å². The van der Waals surface area contributed by atoms with Crippen LogP contribution in [0.3, 0.4) is 0 Å². The van der Waals surface area contributed by atoms with Gasteiger partial charge in [0.05, 0.1) is 34.7 Å². The van der Waals surface area contributed by atoms with Crippen molar-refractivity contribution in [2.24, 2.45) is 0 Å². The standard InChI is InChI=1S/C28H30ClN5O3/c1-17(34(2)3)24-12-9-18(15-36-24)33-28-25-22(14-30-27(25)31-16-32-28)26(35)21-11-10-20(13-23(21)29)37-19-7-5-4-6-8-19/h4-8,10-11,13-14,16-18,24H,9,12,15H2,1-3H3,(H2,30,31,32,33)/t17-,18+,24-/m0/s1. The Morgan fingerprint density at radius 1 is 1.14 bits per heavy atom. The lowest BCUT2D eigenvalue weighted by molar-refractivity contribution is -0.0306. The molecule has 192 valence electrons. The summed E-state index contributed by atoms with van der Waals surface area (Å²) in [5.41, 5.74) is 1.41. The van der Waals surface area contributed by atoms with Crippen molar-refractivity contribution in [1.29, 1.82) is 0 Å². The van der Waals surface area contributed by atoms with Crippen LogP contribution in [0.15, 0.2) is 61.1 Å². The molecule has 9 heteroatoms. The van der Waals surface area contributed by atoms with E-state index in [0.717, 1.165) is 12.8 Å². The second-order valence-electron chi connectivity index (χ2n) is 9.53. The first-order chi connectivity index (χ1) is 17.9. The Morgan fingerprint density at radius 2 is 1.95 bits per heavy atom. The van der Waals surface area contributed by atoms with Gasteiger partial charge in [0, 0.05) is 23.9 Å². The monoisotopic (exact) mass is 519 g/mol. The van der Waals surface area contributed by atoms with E-state index < -0.39 is 0 Å². The highest BCUT2D eigenvalue weighted by atomic mass is 35.5. The van der Waals surface area contributed by atoms with E-state index in [1.807, 2.05) is 30.3 Å². The van der Waals surface area contributed by atoms with E-state index in [0.29, 0.717) is 57.1 Å². The van der Waals surface area contributed by atoms with Crippen molar-refractivity contribution >= 4 is 34.2 Å². The number of H-pyrrole nitrogens is 1. The number of ketones is 1. The Bertz CT molecular complexity index is 1380. The predicted molar refractivity (Wildman–Crippen MR) is 145 cm³/mol. The van der Waals surface area contributed by atoms with E-state index in [-0.39, 0.29) is 17.9 Å². The van der Waals surface area contributed by atoms with E-state index in [1.54, 1.807) is 24.4 Å². The average Bonchev–Trinajstić information content (AvgIpc) is 3.34. The Kier molecular flexibility index (Phi) is 7.41. The minimum Gasteiger partial charge on any atom is -0.457 e. The molecule has 0 radical (unpaired) electrons. The van der Waals surface area contributed by atoms with Crippen LogP contribution >= 0.6 is 11.6 Å². The van der Waals surface area contributed by atoms with Crippen molar-refractivity contribution in [2.75, 3.05) is 26.0 Å². The molecule has 37 heavy (non-hydrogen) atoms. The molecule has 1 aliphatic heterocycles. The molecule has 0 amide bonds. The average molecular weight is 520 g/mol. The fraction of sp³-hybridized carbons (Fsp3) is 0.321. The molecular weight excluding hydrogens is 490 g/mol. The maximum Gasteiger partial charge on any atom is 0.196 e. The van der Waals surface area contributed by atoms with Gasteiger partial charge in [-0.05, 0) is 58.1 Å². The van der Waals surface area contributed by atoms with Crippen LogP contribution in [0.2, 0.25) is 5.02 Å². The first kappa shape index (κ1) is 25.2. The van der Waals surface area contributed by atoms with Crippen molar-refractivity contribution < 1.29 is 14.3 Å². The molecule has 2 N–H and O–H groups in total. The lowest BCUT2D eigenvalue weighted by Gasteiger charge is -2.35. The van der Waals surface area contributed by atoms with Gasteiger partial charge in [-0.25, -0.2) is 9.97 Å². The summed E-state index contributed by atoms with van der Waals surface area (Å²) in [6, 6.07) is 14.9. The SMILES string of the molecule is C[C@@H]([C@@H]1CC[C@@H](Nc2ncnc3[nH]cc(C(=O)c4ccc(Oc5ccccc5)cc4Cl)c23)CO1)N(C)C. The second-order valence-corrected chi connectivity index (χ2v) is 9.94. The molecule has 3 heterocycles. The number of carbonyl (C=O) groups excluding carboxylic acids is 1. The van der Waals surface area contributed by atoms with Crippen LogP contribution in [0.1, 0.15) is 35.7 Å². The van der Waals surface area contributed by atoms with E-state index in [1.165, 1.54) is 6.33 Å². The fourth-order valence-electron chi connectivity index (χ4n) is 4.56. The predicted octanol–water partition coefficient (Wildman–Crippen LogP) is 5.54. The smallest absolute Gasteiger partial charge is 0.196 e. The molecule has 0 unspecified atom stereocenters. The Hall–Kier alpha value is -3.46. The normalized spacial score (nSPS) is 18.6. The van der Waals surface area contributed by atoms with Crippen LogP contribution in [0.5, 0.6) is 11.5 Å². The Morgan fingerprint density at radius 3 is 2.65 bits per heavy atom. The minimum absolute atomic E-state index is 0.0829. The molecule has 1 fully saturated rings. The number of aromatic nitrogens is 3. The summed E-state index contributed by atoms with van der Waals surface area (Å²) < 4.78 is 12.0. The Labute approximate surface area is 221 Å². The molecule has 1 aliphatic rings. The number of para-hydroxylation sites is 1. The number of hydrogen-bond acceptors (Lipinski definition) is 7. The molecule has 5 rings (SSSR count). The largest absolute Gasteiger partial charge is 0.457 e. The van der Waals surface area contributed by atoms with Gasteiger partial charge in [-0.15, -0.1) is 0 Å². The third-order valence-electron chi connectivity index (χ3n) is 6.88. The molecule has 2 aromatic carbocycles. The number of nitrogens with zero attached hydrogens (tertiary/aromatic N) is 3. The van der Waals surface area contributed by atoms with Gasteiger partial charge in [0.2, 0.25) is 0 Å². The minimum atomic E-state index is -0.222. The second kappa shape index (κ2) is 10.9. The molecule has 3 atom stereocenters. The molecule has 1 saturated heterocycles. The van der Waals surface area contributed by atoms with E-state index >= 15 is 0 Å². The third kappa shape index (κ3) is 5.46. The molecule has 4 aromatic rings. The summed E-state index contributed by atoms with van der Waals surface area (Å²) in [5.74, 6) is 1.62. The van der Waals surface area contributed by atoms with Gasteiger partial charge in [0.25, 0.3) is 0 Å². The van der Waals surface area contributed by atoms with Crippen LogP contribution in [-0.2, 0) is 4.74 Å². The third-order valence-corrected chi connectivity index (χ3v) is 7.20. The summed E-state index contributed by atoms with van der Waals surface area (Å²) in [4.78, 5) is 27.6. The van der Waals surface area contributed by atoms with Crippen LogP contribution < -0.4 is 10.1 Å². The molecule has 0 spiro atoms. The number of anilines is 1. The van der Waals surface area contributed by atoms with Crippen LogP contribution in [0, 0.1) is 0 Å². The quantitative estimate of drug-likeness (QED) is 0.295. The number of nitrogens with one attached hydrogen (secondary N) is 2. The highest BCUT2D eigenvalue weighted by Gasteiger charge is 2.28. The van der Waals surface area contributed by atoms with Gasteiger partial charge in [-0.1, -0.05) is 29.8 Å². The lowest BCUT2D eigenvalue weighted by Crippen LogP contribution is -2.44. The summed E-state index contributed by atoms with van der Waals surface area (Å²) in [7, 11) is 4.13. The summed E-state index contributed by atoms with van der Waals surface area (Å²) in [6.45, 7) is 2.74. The number of carbonyl (C=O) groups is 1. The molecule has 0 saturated carbocycles. The van der Waals surface area contributed by atoms with Crippen LogP contribution in [0.4, 0.5) is 5.82 Å². The van der Waals surface area contributed by atoms with Gasteiger partial charge >= 0.3 is 0 Å². The zero-order valence-corrected chi connectivity index (χ0v) is 21.8. The number of halogens is 1. The lowest BCUT2D eigenvalue weighted by atomic mass is 9.99. The molecule has 8 nitrogen and oxygen atoms in total. The van der Waals surface area contributed by atoms with Crippen LogP contribution in [-0.4, -0.2) is 64.5 Å². The van der Waals surface area contributed by atoms with Crippen molar-refractivity contribution in [3.8, 4) is 11.5 Å². The molecular formula is C28H30ClN5O3. The van der Waals surface area contributed by atoms with E-state index in [4.69, 9.17) is 21.1 Å². The van der Waals surface area contributed by atoms with Crippen molar-refractivity contribution in [1.82, 2.24) is 19.9 Å². The van der Waals surface area contributed by atoms with Crippen LogP contribution in [0.25, 0.3) is 11.0 Å². The van der Waals surface area contributed by atoms with E-state index in [9.17, 15) is 4.79 Å². The maximum absolute atomic E-state index is 13.6. The van der Waals surface area contributed by atoms with Gasteiger partial charge in [-0.3, -0.25) is 4.79 Å². The van der Waals surface area contributed by atoms with Gasteiger partial charge in [-0.2, -0.15) is 0 Å². The highest BCUT2D eigenvalue weighted by molar-refractivity contribution is 6.35. The summed E-state index contributed by atoms with van der Waals surface area (Å²) in [6.07, 6.45) is 5.22. The zero-order valence-electron chi connectivity index (χ0n) is 21.1. The number of fused-ring (bicyclic) bond motifs is 1. The number of likely N-dealkylation sites (N-methyl/N-ethyl adjacent to an activating group) is 1. The number of ether oxygens (including phenoxy) is 2. The maximum atomic E-state index is 13.6. The molecule has 0 aliphatic carbocycles. The zero-order chi connectivity index (χ0) is 25.9. The number of hydrogen-bond donors (Lipinski definition) is 2. The molecule has 0 bridgehead atoms. The Balaban J connectivity index is 1.35. The highest BCUT2D eigenvalue weighted by Crippen LogP contribution is 2.32. The summed E-state index contributed by atoms with van der Waals surface area (Å²) in [5, 5.41) is 4.42. The van der Waals surface area contributed by atoms with Crippen molar-refractivity contribution in [2.45, 2.75) is 38.0 Å². The summed E-state index contributed by atoms with van der Waals surface area (Å²) >= 11 is 6.54. The van der Waals surface area contributed by atoms with Crippen molar-refractivity contribution in [3.63, 3.8) is 0 Å². The topological polar surface area (TPSA) is 92.4 Å².